The Morgan fingerprint density at radius 2 is 2.00 bits per heavy atom. The van der Waals surface area contributed by atoms with Gasteiger partial charge in [-0.2, -0.15) is 0 Å². The van der Waals surface area contributed by atoms with Crippen molar-refractivity contribution in [3.8, 4) is 5.75 Å². The zero-order valence-electron chi connectivity index (χ0n) is 20.2. The lowest BCUT2D eigenvalue weighted by Gasteiger charge is -2.41. The predicted molar refractivity (Wildman–Crippen MR) is 137 cm³/mol. The van der Waals surface area contributed by atoms with Crippen LogP contribution in [-0.4, -0.2) is 64.2 Å². The molecule has 1 fully saturated rings. The quantitative estimate of drug-likeness (QED) is 0.367. The fourth-order valence-electron chi connectivity index (χ4n) is 4.88. The Morgan fingerprint density at radius 3 is 2.69 bits per heavy atom. The van der Waals surface area contributed by atoms with Gasteiger partial charge in [-0.05, 0) is 74.5 Å². The number of benzene rings is 1. The largest absolute Gasteiger partial charge is 0.497 e. The molecule has 0 aliphatic carbocycles. The highest BCUT2D eigenvalue weighted by atomic mass is 32.2. The number of fused-ring (bicyclic) bond motifs is 1. The lowest BCUT2D eigenvalue weighted by Crippen LogP contribution is -2.42. The summed E-state index contributed by atoms with van der Waals surface area (Å²) < 4.78 is 21.1. The molecule has 1 atom stereocenters. The van der Waals surface area contributed by atoms with Crippen molar-refractivity contribution in [3.05, 3.63) is 59.9 Å². The molecular formula is C27H34FN3O3S. The fourth-order valence-corrected chi connectivity index (χ4v) is 5.75. The van der Waals surface area contributed by atoms with Gasteiger partial charge < -0.3 is 19.8 Å². The van der Waals surface area contributed by atoms with E-state index in [1.54, 1.807) is 37.2 Å². The minimum absolute atomic E-state index is 0.0635. The van der Waals surface area contributed by atoms with Crippen LogP contribution in [0.3, 0.4) is 0 Å². The van der Waals surface area contributed by atoms with Crippen LogP contribution in [0.5, 0.6) is 5.75 Å². The van der Waals surface area contributed by atoms with Gasteiger partial charge in [0.05, 0.1) is 24.3 Å². The van der Waals surface area contributed by atoms with Crippen LogP contribution in [0.4, 0.5) is 4.39 Å². The molecule has 1 aromatic carbocycles. The van der Waals surface area contributed by atoms with Crippen molar-refractivity contribution in [3.63, 3.8) is 0 Å². The number of rotatable bonds is 11. The molecular weight excluding hydrogens is 465 g/mol. The molecule has 0 amide bonds. The third-order valence-corrected chi connectivity index (χ3v) is 8.08. The van der Waals surface area contributed by atoms with Gasteiger partial charge in [0.15, 0.2) is 0 Å². The first kappa shape index (κ1) is 25.8. The predicted octanol–water partition coefficient (Wildman–Crippen LogP) is 4.79. The van der Waals surface area contributed by atoms with E-state index in [1.165, 1.54) is 0 Å². The average Bonchev–Trinajstić information content (AvgIpc) is 2.92. The Morgan fingerprint density at radius 1 is 1.17 bits per heavy atom. The SMILES string of the molecule is COc1ccc2ncc(CO)c([C@@H](F)CCC3(CO)CCN(CCSc4ccccn4)CC3)c2c1. The van der Waals surface area contributed by atoms with Gasteiger partial charge in [0, 0.05) is 47.8 Å². The average molecular weight is 500 g/mol. The first-order valence-electron chi connectivity index (χ1n) is 12.1. The van der Waals surface area contributed by atoms with E-state index in [0.29, 0.717) is 40.6 Å². The maximum atomic E-state index is 15.7. The van der Waals surface area contributed by atoms with Crippen LogP contribution in [0.1, 0.15) is 43.0 Å². The Balaban J connectivity index is 1.36. The van der Waals surface area contributed by atoms with E-state index in [-0.39, 0.29) is 18.6 Å². The molecule has 0 unspecified atom stereocenters. The molecule has 1 aliphatic heterocycles. The van der Waals surface area contributed by atoms with Gasteiger partial charge in [-0.15, -0.1) is 11.8 Å². The van der Waals surface area contributed by atoms with Crippen molar-refractivity contribution in [1.82, 2.24) is 14.9 Å². The number of nitrogens with zero attached hydrogens (tertiary/aromatic N) is 3. The number of aromatic nitrogens is 2. The van der Waals surface area contributed by atoms with E-state index in [0.717, 1.165) is 43.3 Å². The molecule has 0 bridgehead atoms. The first-order valence-corrected chi connectivity index (χ1v) is 13.1. The zero-order chi connectivity index (χ0) is 24.7. The minimum Gasteiger partial charge on any atom is -0.497 e. The number of aliphatic hydroxyl groups is 2. The van der Waals surface area contributed by atoms with Crippen LogP contribution < -0.4 is 4.74 Å². The molecule has 8 heteroatoms. The molecule has 1 aliphatic rings. The highest BCUT2D eigenvalue weighted by Gasteiger charge is 2.35. The first-order chi connectivity index (χ1) is 17.1. The Labute approximate surface area is 210 Å². The summed E-state index contributed by atoms with van der Waals surface area (Å²) in [5, 5.41) is 21.8. The number of halogens is 1. The molecule has 188 valence electrons. The van der Waals surface area contributed by atoms with Crippen molar-refractivity contribution in [1.29, 1.82) is 0 Å². The van der Waals surface area contributed by atoms with Crippen LogP contribution in [0.2, 0.25) is 0 Å². The summed E-state index contributed by atoms with van der Waals surface area (Å²) in [5.41, 5.74) is 1.38. The number of hydrogen-bond acceptors (Lipinski definition) is 7. The Bertz CT molecular complexity index is 1090. The Hall–Kier alpha value is -2.26. The third kappa shape index (κ3) is 6.30. The van der Waals surface area contributed by atoms with E-state index in [1.807, 2.05) is 30.5 Å². The van der Waals surface area contributed by atoms with Gasteiger partial charge >= 0.3 is 0 Å². The number of piperidine rings is 1. The maximum absolute atomic E-state index is 15.7. The summed E-state index contributed by atoms with van der Waals surface area (Å²) >= 11 is 1.75. The van der Waals surface area contributed by atoms with Gasteiger partial charge in [0.2, 0.25) is 0 Å². The summed E-state index contributed by atoms with van der Waals surface area (Å²) in [7, 11) is 1.58. The number of ether oxygens (including phenoxy) is 1. The van der Waals surface area contributed by atoms with Gasteiger partial charge in [-0.1, -0.05) is 6.07 Å². The molecule has 2 N–H and O–H groups in total. The number of pyridine rings is 2. The van der Waals surface area contributed by atoms with E-state index >= 15 is 4.39 Å². The number of hydrogen-bond donors (Lipinski definition) is 2. The number of thioether (sulfide) groups is 1. The summed E-state index contributed by atoms with van der Waals surface area (Å²) in [6, 6.07) is 11.3. The molecule has 0 radical (unpaired) electrons. The van der Waals surface area contributed by atoms with Crippen molar-refractivity contribution in [2.24, 2.45) is 5.41 Å². The maximum Gasteiger partial charge on any atom is 0.126 e. The second-order valence-corrected chi connectivity index (χ2v) is 10.4. The number of aliphatic hydroxyl groups excluding tert-OH is 2. The third-order valence-electron chi connectivity index (χ3n) is 7.16. The standard InChI is InChI=1S/C27H34FN3O3S/c1-34-21-5-6-24-22(16-21)26(20(18-32)17-30-24)23(28)7-8-27(19-33)9-12-31(13-10-27)14-15-35-25-4-2-3-11-29-25/h2-6,11,16-17,23,32-33H,7-10,12-15,18-19H2,1H3/t23-/m0/s1. The second-order valence-electron chi connectivity index (χ2n) is 9.26. The monoisotopic (exact) mass is 499 g/mol. The summed E-state index contributed by atoms with van der Waals surface area (Å²) in [6.07, 6.45) is 4.70. The molecule has 2 aromatic heterocycles. The summed E-state index contributed by atoms with van der Waals surface area (Å²) in [5.74, 6) is 1.60. The molecule has 6 nitrogen and oxygen atoms in total. The highest BCUT2D eigenvalue weighted by molar-refractivity contribution is 7.99. The molecule has 3 aromatic rings. The topological polar surface area (TPSA) is 78.7 Å². The summed E-state index contributed by atoms with van der Waals surface area (Å²) in [6.45, 7) is 2.56. The van der Waals surface area contributed by atoms with Gasteiger partial charge in [0.1, 0.15) is 11.9 Å². The molecule has 0 spiro atoms. The van der Waals surface area contributed by atoms with Crippen molar-refractivity contribution in [2.45, 2.75) is 43.5 Å². The van der Waals surface area contributed by atoms with Gasteiger partial charge in [0.25, 0.3) is 0 Å². The normalized spacial score (nSPS) is 16.9. The lowest BCUT2D eigenvalue weighted by atomic mass is 9.74. The smallest absolute Gasteiger partial charge is 0.126 e. The van der Waals surface area contributed by atoms with Crippen molar-refractivity contribution in [2.75, 3.05) is 39.1 Å². The summed E-state index contributed by atoms with van der Waals surface area (Å²) in [4.78, 5) is 11.1. The van der Waals surface area contributed by atoms with Crippen LogP contribution in [-0.2, 0) is 6.61 Å². The fraction of sp³-hybridized carbons (Fsp3) is 0.481. The highest BCUT2D eigenvalue weighted by Crippen LogP contribution is 2.41. The van der Waals surface area contributed by atoms with Crippen LogP contribution in [0, 0.1) is 5.41 Å². The molecule has 3 heterocycles. The molecule has 35 heavy (non-hydrogen) atoms. The zero-order valence-corrected chi connectivity index (χ0v) is 21.0. The van der Waals surface area contributed by atoms with Gasteiger partial charge in [-0.25, -0.2) is 9.37 Å². The second kappa shape index (κ2) is 12.1. The van der Waals surface area contributed by atoms with E-state index in [4.69, 9.17) is 4.74 Å². The minimum atomic E-state index is -1.26. The van der Waals surface area contributed by atoms with Crippen molar-refractivity contribution < 1.29 is 19.3 Å². The van der Waals surface area contributed by atoms with E-state index in [9.17, 15) is 10.2 Å². The van der Waals surface area contributed by atoms with E-state index in [2.05, 4.69) is 14.9 Å². The molecule has 4 rings (SSSR count). The van der Waals surface area contributed by atoms with Crippen molar-refractivity contribution >= 4 is 22.7 Å². The molecule has 1 saturated heterocycles. The number of alkyl halides is 1. The van der Waals surface area contributed by atoms with Crippen LogP contribution in [0.15, 0.2) is 53.8 Å². The van der Waals surface area contributed by atoms with Crippen LogP contribution >= 0.6 is 11.8 Å². The Kier molecular flexibility index (Phi) is 8.94. The van der Waals surface area contributed by atoms with Gasteiger partial charge in [-0.3, -0.25) is 4.98 Å². The number of likely N-dealkylation sites (tertiary alicyclic amines) is 1. The van der Waals surface area contributed by atoms with Crippen LogP contribution in [0.25, 0.3) is 10.9 Å². The number of methoxy groups -OCH3 is 1. The lowest BCUT2D eigenvalue weighted by molar-refractivity contribution is 0.0322. The van der Waals surface area contributed by atoms with E-state index < -0.39 is 6.17 Å². The molecule has 0 saturated carbocycles.